The summed E-state index contributed by atoms with van der Waals surface area (Å²) in [4.78, 5) is 8.44. The minimum atomic E-state index is 0.0971. The molecule has 5 nitrogen and oxygen atoms in total. The number of nitrogens with zero attached hydrogens (tertiary/aromatic N) is 2. The lowest BCUT2D eigenvalue weighted by Gasteiger charge is -2.34. The third kappa shape index (κ3) is 2.61. The van der Waals surface area contributed by atoms with Crippen molar-refractivity contribution in [2.45, 2.75) is 25.3 Å². The molecule has 2 heterocycles. The van der Waals surface area contributed by atoms with E-state index in [1.165, 1.54) is 0 Å². The van der Waals surface area contributed by atoms with Gasteiger partial charge in [-0.2, -0.15) is 0 Å². The van der Waals surface area contributed by atoms with Gasteiger partial charge in [0.05, 0.1) is 19.5 Å². The van der Waals surface area contributed by atoms with Crippen LogP contribution in [0.15, 0.2) is 12.4 Å². The summed E-state index contributed by atoms with van der Waals surface area (Å²) in [5.41, 5.74) is 0.0971. The molecule has 0 radical (unpaired) electrons. The molecule has 1 aromatic rings. The van der Waals surface area contributed by atoms with Gasteiger partial charge < -0.3 is 15.4 Å². The third-order valence-electron chi connectivity index (χ3n) is 2.98. The van der Waals surface area contributed by atoms with Gasteiger partial charge in [0.15, 0.2) is 5.75 Å². The number of hydrogen-bond acceptors (Lipinski definition) is 5. The number of methoxy groups -OCH3 is 1. The Morgan fingerprint density at radius 1 is 1.31 bits per heavy atom. The van der Waals surface area contributed by atoms with Gasteiger partial charge in [-0.05, 0) is 32.9 Å². The summed E-state index contributed by atoms with van der Waals surface area (Å²) < 4.78 is 5.02. The number of aromatic nitrogens is 2. The summed E-state index contributed by atoms with van der Waals surface area (Å²) >= 11 is 0. The summed E-state index contributed by atoms with van der Waals surface area (Å²) in [6, 6.07) is 0. The van der Waals surface area contributed by atoms with Gasteiger partial charge in [-0.3, -0.25) is 0 Å². The van der Waals surface area contributed by atoms with Crippen molar-refractivity contribution in [3.8, 4) is 5.75 Å². The minimum absolute atomic E-state index is 0.0971. The molecule has 0 atom stereocenters. The SMILES string of the molecule is COc1cnc(NC2(C)CCNCC2)nc1. The van der Waals surface area contributed by atoms with Gasteiger partial charge in [-0.25, -0.2) is 9.97 Å². The lowest BCUT2D eigenvalue weighted by Crippen LogP contribution is -2.45. The van der Waals surface area contributed by atoms with Crippen LogP contribution in [0.3, 0.4) is 0 Å². The molecule has 0 bridgehead atoms. The van der Waals surface area contributed by atoms with Crippen LogP contribution in [0.4, 0.5) is 5.95 Å². The van der Waals surface area contributed by atoms with Gasteiger partial charge in [-0.1, -0.05) is 0 Å². The highest BCUT2D eigenvalue weighted by Crippen LogP contribution is 2.21. The van der Waals surface area contributed by atoms with Crippen LogP contribution in [0.1, 0.15) is 19.8 Å². The van der Waals surface area contributed by atoms with Crippen LogP contribution in [0, 0.1) is 0 Å². The summed E-state index contributed by atoms with van der Waals surface area (Å²) in [7, 11) is 1.61. The predicted octanol–water partition coefficient (Wildman–Crippen LogP) is 1.04. The normalized spacial score (nSPS) is 19.1. The molecule has 1 saturated heterocycles. The maximum atomic E-state index is 5.02. The summed E-state index contributed by atoms with van der Waals surface area (Å²) in [6.45, 7) is 4.29. The van der Waals surface area contributed by atoms with Gasteiger partial charge in [0.2, 0.25) is 5.95 Å². The molecule has 16 heavy (non-hydrogen) atoms. The summed E-state index contributed by atoms with van der Waals surface area (Å²) in [6.07, 6.45) is 5.53. The van der Waals surface area contributed by atoms with E-state index in [9.17, 15) is 0 Å². The molecule has 1 aliphatic rings. The van der Waals surface area contributed by atoms with E-state index < -0.39 is 0 Å². The zero-order chi connectivity index (χ0) is 11.4. The number of hydrogen-bond donors (Lipinski definition) is 2. The van der Waals surface area contributed by atoms with Gasteiger partial charge >= 0.3 is 0 Å². The maximum absolute atomic E-state index is 5.02. The number of rotatable bonds is 3. The second-order valence-corrected chi connectivity index (χ2v) is 4.38. The van der Waals surface area contributed by atoms with Crippen molar-refractivity contribution in [3.05, 3.63) is 12.4 Å². The molecule has 0 amide bonds. The van der Waals surface area contributed by atoms with Crippen LogP contribution >= 0.6 is 0 Å². The quantitative estimate of drug-likeness (QED) is 0.800. The second kappa shape index (κ2) is 4.65. The van der Waals surface area contributed by atoms with E-state index in [1.807, 2.05) is 0 Å². The van der Waals surface area contributed by atoms with Crippen LogP contribution in [0.2, 0.25) is 0 Å². The molecule has 88 valence electrons. The largest absolute Gasteiger partial charge is 0.494 e. The predicted molar refractivity (Wildman–Crippen MR) is 62.7 cm³/mol. The third-order valence-corrected chi connectivity index (χ3v) is 2.98. The summed E-state index contributed by atoms with van der Waals surface area (Å²) in [5, 5.41) is 6.73. The van der Waals surface area contributed by atoms with E-state index in [4.69, 9.17) is 4.74 Å². The second-order valence-electron chi connectivity index (χ2n) is 4.38. The number of nitrogens with one attached hydrogen (secondary N) is 2. The molecule has 1 aliphatic heterocycles. The van der Waals surface area contributed by atoms with E-state index in [-0.39, 0.29) is 5.54 Å². The highest BCUT2D eigenvalue weighted by atomic mass is 16.5. The fraction of sp³-hybridized carbons (Fsp3) is 0.636. The highest BCUT2D eigenvalue weighted by Gasteiger charge is 2.26. The first-order chi connectivity index (χ1) is 7.72. The van der Waals surface area contributed by atoms with Crippen LogP contribution in [0.25, 0.3) is 0 Å². The van der Waals surface area contributed by atoms with Crippen molar-refractivity contribution in [3.63, 3.8) is 0 Å². The zero-order valence-corrected chi connectivity index (χ0v) is 9.79. The average molecular weight is 222 g/mol. The zero-order valence-electron chi connectivity index (χ0n) is 9.79. The number of ether oxygens (including phenoxy) is 1. The Hall–Kier alpha value is -1.36. The van der Waals surface area contributed by atoms with E-state index in [2.05, 4.69) is 27.5 Å². The lowest BCUT2D eigenvalue weighted by molar-refractivity contribution is 0.362. The average Bonchev–Trinajstić information content (AvgIpc) is 2.30. The lowest BCUT2D eigenvalue weighted by atomic mass is 9.91. The highest BCUT2D eigenvalue weighted by molar-refractivity contribution is 5.31. The van der Waals surface area contributed by atoms with E-state index >= 15 is 0 Å². The molecule has 0 aliphatic carbocycles. The molecule has 5 heteroatoms. The first kappa shape index (κ1) is 11.1. The Morgan fingerprint density at radius 3 is 2.50 bits per heavy atom. The molecule has 2 rings (SSSR count). The van der Waals surface area contributed by atoms with Gasteiger partial charge in [-0.15, -0.1) is 0 Å². The molecular formula is C11H18N4O. The smallest absolute Gasteiger partial charge is 0.223 e. The van der Waals surface area contributed by atoms with Gasteiger partial charge in [0, 0.05) is 5.54 Å². The first-order valence-electron chi connectivity index (χ1n) is 5.57. The first-order valence-corrected chi connectivity index (χ1v) is 5.57. The van der Waals surface area contributed by atoms with Crippen molar-refractivity contribution in [2.75, 3.05) is 25.5 Å². The molecule has 0 spiro atoms. The molecule has 0 unspecified atom stereocenters. The van der Waals surface area contributed by atoms with Gasteiger partial charge in [0.1, 0.15) is 0 Å². The molecule has 0 saturated carbocycles. The van der Waals surface area contributed by atoms with Crippen LogP contribution < -0.4 is 15.4 Å². The fourth-order valence-corrected chi connectivity index (χ4v) is 1.86. The fourth-order valence-electron chi connectivity index (χ4n) is 1.86. The number of piperidine rings is 1. The minimum Gasteiger partial charge on any atom is -0.494 e. The standard InChI is InChI=1S/C11H18N4O/c1-11(3-5-12-6-4-11)15-10-13-7-9(16-2)8-14-10/h7-8,12H,3-6H2,1-2H3,(H,13,14,15). The monoisotopic (exact) mass is 222 g/mol. The van der Waals surface area contributed by atoms with Crippen molar-refractivity contribution < 1.29 is 4.74 Å². The molecular weight excluding hydrogens is 204 g/mol. The van der Waals surface area contributed by atoms with Crippen molar-refractivity contribution in [1.82, 2.24) is 15.3 Å². The van der Waals surface area contributed by atoms with E-state index in [0.717, 1.165) is 25.9 Å². The topological polar surface area (TPSA) is 59.1 Å². The maximum Gasteiger partial charge on any atom is 0.223 e. The van der Waals surface area contributed by atoms with E-state index in [0.29, 0.717) is 11.7 Å². The Morgan fingerprint density at radius 2 is 1.94 bits per heavy atom. The molecule has 1 aromatic heterocycles. The van der Waals surface area contributed by atoms with Crippen LogP contribution in [-0.4, -0.2) is 35.7 Å². The van der Waals surface area contributed by atoms with Crippen LogP contribution in [0.5, 0.6) is 5.75 Å². The Labute approximate surface area is 95.6 Å². The molecule has 2 N–H and O–H groups in total. The summed E-state index contributed by atoms with van der Waals surface area (Å²) in [5.74, 6) is 1.35. The Kier molecular flexibility index (Phi) is 3.24. The number of anilines is 1. The van der Waals surface area contributed by atoms with Crippen molar-refractivity contribution in [1.29, 1.82) is 0 Å². The Balaban J connectivity index is 2.01. The van der Waals surface area contributed by atoms with Crippen molar-refractivity contribution >= 4 is 5.95 Å². The molecule has 0 aromatic carbocycles. The Bertz CT molecular complexity index is 332. The van der Waals surface area contributed by atoms with Crippen LogP contribution in [-0.2, 0) is 0 Å². The van der Waals surface area contributed by atoms with Gasteiger partial charge in [0.25, 0.3) is 0 Å². The van der Waals surface area contributed by atoms with Crippen molar-refractivity contribution in [2.24, 2.45) is 0 Å². The molecule has 1 fully saturated rings. The van der Waals surface area contributed by atoms with E-state index in [1.54, 1.807) is 19.5 Å².